The molecule has 1 aromatic heterocycles. The van der Waals surface area contributed by atoms with E-state index in [0.29, 0.717) is 36.8 Å². The number of benzene rings is 1. The summed E-state index contributed by atoms with van der Waals surface area (Å²) in [6.07, 6.45) is -2.91. The van der Waals surface area contributed by atoms with Gasteiger partial charge in [0.2, 0.25) is 0 Å². The SMILES string of the molecule is COCc1ccc(C(=O)N2CCCC([C@@H]3C[C@H](C(F)(F)F)n4nc(C)cc4N3)C2)cc1. The van der Waals surface area contributed by atoms with Crippen LogP contribution in [0.15, 0.2) is 30.3 Å². The number of methoxy groups -OCH3 is 1. The average molecular weight is 436 g/mol. The molecule has 4 rings (SSSR count). The predicted octanol–water partition coefficient (Wildman–Crippen LogP) is 4.18. The Labute approximate surface area is 179 Å². The Hall–Kier alpha value is -2.55. The topological polar surface area (TPSA) is 59.4 Å². The number of aromatic nitrogens is 2. The lowest BCUT2D eigenvalue weighted by molar-refractivity contribution is -0.174. The molecule has 2 aliphatic heterocycles. The summed E-state index contributed by atoms with van der Waals surface area (Å²) in [7, 11) is 1.61. The Morgan fingerprint density at radius 1 is 1.29 bits per heavy atom. The molecule has 0 bridgehead atoms. The minimum absolute atomic E-state index is 0.0562. The number of anilines is 1. The molecule has 2 aromatic rings. The van der Waals surface area contributed by atoms with E-state index in [1.807, 2.05) is 12.1 Å². The van der Waals surface area contributed by atoms with Gasteiger partial charge in [0.15, 0.2) is 6.04 Å². The number of hydrogen-bond acceptors (Lipinski definition) is 4. The number of ether oxygens (including phenoxy) is 1. The Kier molecular flexibility index (Phi) is 5.96. The number of carbonyl (C=O) groups excluding carboxylic acids is 1. The van der Waals surface area contributed by atoms with Crippen molar-refractivity contribution in [1.29, 1.82) is 0 Å². The van der Waals surface area contributed by atoms with E-state index in [0.717, 1.165) is 23.1 Å². The first-order valence-corrected chi connectivity index (χ1v) is 10.5. The molecule has 1 fully saturated rings. The summed E-state index contributed by atoms with van der Waals surface area (Å²) < 4.78 is 47.3. The van der Waals surface area contributed by atoms with Crippen LogP contribution in [-0.2, 0) is 11.3 Å². The Bertz CT molecular complexity index is 926. The molecule has 3 atom stereocenters. The standard InChI is InChI=1S/C22H27F3N4O2/c1-14-10-20-26-18(11-19(22(23,24)25)29(20)27-14)17-4-3-9-28(12-17)21(30)16-7-5-15(6-8-16)13-31-2/h5-8,10,17-19,26H,3-4,9,11-13H2,1-2H3/t17?,18-,19+/m0/s1. The fourth-order valence-electron chi connectivity index (χ4n) is 4.65. The quantitative estimate of drug-likeness (QED) is 0.781. The van der Waals surface area contributed by atoms with Crippen LogP contribution in [0.4, 0.5) is 19.0 Å². The summed E-state index contributed by atoms with van der Waals surface area (Å²) >= 11 is 0. The Balaban J connectivity index is 1.48. The number of fused-ring (bicyclic) bond motifs is 1. The third-order valence-electron chi connectivity index (χ3n) is 6.17. The van der Waals surface area contributed by atoms with Crippen molar-refractivity contribution >= 4 is 11.7 Å². The monoisotopic (exact) mass is 436 g/mol. The summed E-state index contributed by atoms with van der Waals surface area (Å²) in [5.41, 5.74) is 2.11. The number of halogens is 3. The molecule has 0 saturated carbocycles. The zero-order valence-electron chi connectivity index (χ0n) is 17.7. The molecule has 31 heavy (non-hydrogen) atoms. The zero-order valence-corrected chi connectivity index (χ0v) is 17.7. The second-order valence-corrected chi connectivity index (χ2v) is 8.44. The van der Waals surface area contributed by atoms with E-state index >= 15 is 0 Å². The smallest absolute Gasteiger partial charge is 0.380 e. The lowest BCUT2D eigenvalue weighted by Crippen LogP contribution is -2.49. The second-order valence-electron chi connectivity index (χ2n) is 8.44. The van der Waals surface area contributed by atoms with Crippen LogP contribution in [0.2, 0.25) is 0 Å². The largest absolute Gasteiger partial charge is 0.410 e. The molecule has 1 amide bonds. The summed E-state index contributed by atoms with van der Waals surface area (Å²) in [6, 6.07) is 6.91. The lowest BCUT2D eigenvalue weighted by atomic mass is 9.85. The van der Waals surface area contributed by atoms with Crippen LogP contribution in [0.1, 0.15) is 46.9 Å². The van der Waals surface area contributed by atoms with Crippen LogP contribution in [0.3, 0.4) is 0 Å². The highest BCUT2D eigenvalue weighted by molar-refractivity contribution is 5.94. The first-order chi connectivity index (χ1) is 14.8. The molecule has 2 aliphatic rings. The molecule has 1 unspecified atom stereocenters. The first kappa shape index (κ1) is 21.7. The number of aryl methyl sites for hydroxylation is 1. The van der Waals surface area contributed by atoms with Gasteiger partial charge in [0.25, 0.3) is 5.91 Å². The molecule has 1 saturated heterocycles. The van der Waals surface area contributed by atoms with Gasteiger partial charge >= 0.3 is 6.18 Å². The molecular formula is C22H27F3N4O2. The van der Waals surface area contributed by atoms with Crippen molar-refractivity contribution < 1.29 is 22.7 Å². The number of amides is 1. The van der Waals surface area contributed by atoms with E-state index in [4.69, 9.17) is 4.74 Å². The van der Waals surface area contributed by atoms with Gasteiger partial charge in [-0.1, -0.05) is 12.1 Å². The summed E-state index contributed by atoms with van der Waals surface area (Å²) in [6.45, 7) is 3.22. The third kappa shape index (κ3) is 4.56. The van der Waals surface area contributed by atoms with Gasteiger partial charge in [0, 0.05) is 37.9 Å². The minimum Gasteiger partial charge on any atom is -0.380 e. The number of carbonyl (C=O) groups is 1. The van der Waals surface area contributed by atoms with Gasteiger partial charge in [-0.25, -0.2) is 4.68 Å². The maximum Gasteiger partial charge on any atom is 0.410 e. The predicted molar refractivity (Wildman–Crippen MR) is 110 cm³/mol. The molecule has 1 N–H and O–H groups in total. The van der Waals surface area contributed by atoms with Crippen LogP contribution in [0, 0.1) is 12.8 Å². The van der Waals surface area contributed by atoms with E-state index in [2.05, 4.69) is 10.4 Å². The van der Waals surface area contributed by atoms with E-state index in [1.165, 1.54) is 0 Å². The van der Waals surface area contributed by atoms with Crippen molar-refractivity contribution in [2.24, 2.45) is 5.92 Å². The van der Waals surface area contributed by atoms with Crippen LogP contribution < -0.4 is 5.32 Å². The van der Waals surface area contributed by atoms with Crippen LogP contribution in [-0.4, -0.2) is 53.0 Å². The molecule has 6 nitrogen and oxygen atoms in total. The lowest BCUT2D eigenvalue weighted by Gasteiger charge is -2.41. The number of hydrogen-bond donors (Lipinski definition) is 1. The molecule has 9 heteroatoms. The summed E-state index contributed by atoms with van der Waals surface area (Å²) in [4.78, 5) is 14.8. The van der Waals surface area contributed by atoms with Gasteiger partial charge in [-0.2, -0.15) is 18.3 Å². The first-order valence-electron chi connectivity index (χ1n) is 10.5. The third-order valence-corrected chi connectivity index (χ3v) is 6.17. The van der Waals surface area contributed by atoms with E-state index in [-0.39, 0.29) is 24.3 Å². The van der Waals surface area contributed by atoms with Crippen LogP contribution in [0.25, 0.3) is 0 Å². The Morgan fingerprint density at radius 3 is 2.71 bits per heavy atom. The highest BCUT2D eigenvalue weighted by Gasteiger charge is 2.47. The fourth-order valence-corrected chi connectivity index (χ4v) is 4.65. The maximum atomic E-state index is 13.7. The summed E-state index contributed by atoms with van der Waals surface area (Å²) in [5.74, 6) is 0.255. The highest BCUT2D eigenvalue weighted by atomic mass is 19.4. The minimum atomic E-state index is -4.37. The van der Waals surface area contributed by atoms with Gasteiger partial charge < -0.3 is 15.0 Å². The number of alkyl halides is 3. The normalized spacial score (nSPS) is 23.9. The van der Waals surface area contributed by atoms with Gasteiger partial charge in [0.1, 0.15) is 5.82 Å². The molecule has 1 aromatic carbocycles. The number of nitrogens with one attached hydrogen (secondary N) is 1. The molecule has 0 radical (unpaired) electrons. The van der Waals surface area contributed by atoms with Crippen LogP contribution >= 0.6 is 0 Å². The van der Waals surface area contributed by atoms with Crippen molar-refractivity contribution in [2.45, 2.75) is 51.1 Å². The molecule has 3 heterocycles. The summed E-state index contributed by atoms with van der Waals surface area (Å²) in [5, 5.41) is 7.30. The van der Waals surface area contributed by atoms with Gasteiger partial charge in [-0.15, -0.1) is 0 Å². The van der Waals surface area contributed by atoms with E-state index in [1.54, 1.807) is 37.1 Å². The molecular weight excluding hydrogens is 409 g/mol. The van der Waals surface area contributed by atoms with Gasteiger partial charge in [-0.05, 0) is 49.8 Å². The van der Waals surface area contributed by atoms with Crippen molar-refractivity contribution in [3.05, 3.63) is 47.2 Å². The average Bonchev–Trinajstić information content (AvgIpc) is 3.12. The molecule has 168 valence electrons. The van der Waals surface area contributed by atoms with E-state index < -0.39 is 12.2 Å². The Morgan fingerprint density at radius 2 is 2.03 bits per heavy atom. The van der Waals surface area contributed by atoms with Crippen molar-refractivity contribution in [1.82, 2.24) is 14.7 Å². The zero-order chi connectivity index (χ0) is 22.2. The van der Waals surface area contributed by atoms with Gasteiger partial charge in [0.05, 0.1) is 12.3 Å². The fraction of sp³-hybridized carbons (Fsp3) is 0.545. The second kappa shape index (κ2) is 8.53. The van der Waals surface area contributed by atoms with Crippen molar-refractivity contribution in [2.75, 3.05) is 25.5 Å². The van der Waals surface area contributed by atoms with Crippen LogP contribution in [0.5, 0.6) is 0 Å². The highest BCUT2D eigenvalue weighted by Crippen LogP contribution is 2.42. The number of piperidine rings is 1. The number of nitrogens with zero attached hydrogens (tertiary/aromatic N) is 3. The molecule has 0 aliphatic carbocycles. The van der Waals surface area contributed by atoms with Crippen molar-refractivity contribution in [3.8, 4) is 0 Å². The van der Waals surface area contributed by atoms with Crippen molar-refractivity contribution in [3.63, 3.8) is 0 Å². The number of likely N-dealkylation sites (tertiary alicyclic amines) is 1. The maximum absolute atomic E-state index is 13.7. The van der Waals surface area contributed by atoms with Gasteiger partial charge in [-0.3, -0.25) is 4.79 Å². The van der Waals surface area contributed by atoms with E-state index in [9.17, 15) is 18.0 Å². The number of rotatable bonds is 4. The molecule has 0 spiro atoms.